The highest BCUT2D eigenvalue weighted by atomic mass is 15.0. The third kappa shape index (κ3) is 8.65. The van der Waals surface area contributed by atoms with Crippen LogP contribution in [0.15, 0.2) is 206 Å². The minimum absolute atomic E-state index is 0.443. The van der Waals surface area contributed by atoms with E-state index < -0.39 is 0 Å². The molecule has 75 heavy (non-hydrogen) atoms. The zero-order chi connectivity index (χ0) is 51.3. The van der Waals surface area contributed by atoms with E-state index in [0.29, 0.717) is 28.5 Å². The molecular weight excluding hydrogens is 913 g/mol. The summed E-state index contributed by atoms with van der Waals surface area (Å²) in [4.78, 5) is 21.7. The van der Waals surface area contributed by atoms with E-state index in [1.54, 1.807) is 0 Å². The molecule has 12 aromatic rings. The van der Waals surface area contributed by atoms with Gasteiger partial charge < -0.3 is 4.57 Å². The Morgan fingerprint density at radius 2 is 0.720 bits per heavy atom. The highest BCUT2D eigenvalue weighted by Crippen LogP contribution is 2.45. The Hall–Kier alpha value is -9.57. The average Bonchev–Trinajstić information content (AvgIpc) is 3.75. The molecule has 0 unspecified atom stereocenters. The first kappa shape index (κ1) is 46.5. The molecule has 0 amide bonds. The molecule has 0 saturated heterocycles. The molecule has 0 bridgehead atoms. The van der Waals surface area contributed by atoms with Gasteiger partial charge in [0.25, 0.3) is 0 Å². The maximum absolute atomic E-state index is 11.2. The lowest BCUT2D eigenvalue weighted by Gasteiger charge is -2.21. The van der Waals surface area contributed by atoms with Crippen LogP contribution < -0.4 is 0 Å². The first-order valence-corrected chi connectivity index (χ1v) is 25.4. The van der Waals surface area contributed by atoms with Crippen molar-refractivity contribution in [1.82, 2.24) is 24.5 Å². The molecule has 6 heteroatoms. The SMILES string of the molecule is Cc1cc(C)c(-c2ccc3c4ccc(-c5c(C)cc(C)cc5C)cc4n(-c4c(-c5cc(-c6ccccc6)nc(-c6ccccc6)n5)cc(C#N)cc4-c4nc(-c5ccccc5)cc(-c5ccccc5)n4)c3c2)c(C)c1. The van der Waals surface area contributed by atoms with Gasteiger partial charge in [-0.05, 0) is 122 Å². The molecule has 0 aliphatic heterocycles. The van der Waals surface area contributed by atoms with Crippen molar-refractivity contribution in [2.75, 3.05) is 0 Å². The molecule has 0 aliphatic rings. The highest BCUT2D eigenvalue weighted by molar-refractivity contribution is 6.12. The standard InChI is InChI=1S/C69H52N6/c1-42-31-44(3)65(45(4)32-42)53-27-29-55-56-30-28-54(66-46(5)33-43(2)34-47(66)6)38-64(56)75(63(55)37-53)67-57(62-40-61(51-23-15-9-16-24-51)71-68(74-62)52-25-17-10-18-26-52)35-48(41-70)36-58(67)69-72-59(49-19-11-7-12-20-49)39-60(73-69)50-21-13-8-14-22-50/h7-40H,1-6H3. The van der Waals surface area contributed by atoms with Gasteiger partial charge in [-0.2, -0.15) is 5.26 Å². The van der Waals surface area contributed by atoms with E-state index in [4.69, 9.17) is 19.9 Å². The Morgan fingerprint density at radius 1 is 0.347 bits per heavy atom. The van der Waals surface area contributed by atoms with Crippen LogP contribution in [0.5, 0.6) is 0 Å². The minimum atomic E-state index is 0.443. The highest BCUT2D eigenvalue weighted by Gasteiger charge is 2.26. The number of fused-ring (bicyclic) bond motifs is 3. The molecule has 3 aromatic heterocycles. The van der Waals surface area contributed by atoms with Crippen LogP contribution in [0.2, 0.25) is 0 Å². The number of nitriles is 1. The van der Waals surface area contributed by atoms with E-state index in [2.05, 4.69) is 161 Å². The van der Waals surface area contributed by atoms with Crippen molar-refractivity contribution in [3.05, 3.63) is 245 Å². The fourth-order valence-electron chi connectivity index (χ4n) is 11.3. The van der Waals surface area contributed by atoms with Crippen LogP contribution in [-0.4, -0.2) is 24.5 Å². The fraction of sp³-hybridized carbons (Fsp3) is 0.0870. The fourth-order valence-corrected chi connectivity index (χ4v) is 11.3. The van der Waals surface area contributed by atoms with E-state index in [9.17, 15) is 5.26 Å². The van der Waals surface area contributed by atoms with Gasteiger partial charge in [0.05, 0.1) is 51.1 Å². The van der Waals surface area contributed by atoms with Gasteiger partial charge in [0, 0.05) is 44.2 Å². The van der Waals surface area contributed by atoms with Gasteiger partial charge in [-0.15, -0.1) is 0 Å². The van der Waals surface area contributed by atoms with E-state index in [0.717, 1.165) is 83.5 Å². The maximum atomic E-state index is 11.2. The van der Waals surface area contributed by atoms with Gasteiger partial charge >= 0.3 is 0 Å². The minimum Gasteiger partial charge on any atom is -0.308 e. The summed E-state index contributed by atoms with van der Waals surface area (Å²) in [5.41, 5.74) is 23.2. The molecule has 0 saturated carbocycles. The number of aromatic nitrogens is 5. The first-order chi connectivity index (χ1) is 36.6. The van der Waals surface area contributed by atoms with Crippen LogP contribution in [0.25, 0.3) is 118 Å². The summed E-state index contributed by atoms with van der Waals surface area (Å²) in [7, 11) is 0. The molecule has 0 spiro atoms. The molecule has 358 valence electrons. The van der Waals surface area contributed by atoms with Crippen molar-refractivity contribution in [3.8, 4) is 102 Å². The second kappa shape index (κ2) is 19.1. The molecule has 0 radical (unpaired) electrons. The van der Waals surface area contributed by atoms with Crippen LogP contribution in [-0.2, 0) is 0 Å². The van der Waals surface area contributed by atoms with Gasteiger partial charge in [-0.1, -0.05) is 181 Å². The van der Waals surface area contributed by atoms with E-state index in [-0.39, 0.29) is 0 Å². The predicted molar refractivity (Wildman–Crippen MR) is 309 cm³/mol. The van der Waals surface area contributed by atoms with Crippen LogP contribution in [0, 0.1) is 52.9 Å². The Morgan fingerprint density at radius 3 is 1.15 bits per heavy atom. The molecule has 0 atom stereocenters. The van der Waals surface area contributed by atoms with Crippen molar-refractivity contribution < 1.29 is 0 Å². The quantitative estimate of drug-likeness (QED) is 0.144. The third-order valence-corrected chi connectivity index (χ3v) is 14.4. The largest absolute Gasteiger partial charge is 0.308 e. The van der Waals surface area contributed by atoms with Crippen LogP contribution in [0.1, 0.15) is 38.9 Å². The number of hydrogen-bond acceptors (Lipinski definition) is 5. The monoisotopic (exact) mass is 964 g/mol. The molecule has 0 fully saturated rings. The summed E-state index contributed by atoms with van der Waals surface area (Å²) in [6.07, 6.45) is 0. The summed E-state index contributed by atoms with van der Waals surface area (Å²) in [5, 5.41) is 13.4. The summed E-state index contributed by atoms with van der Waals surface area (Å²) >= 11 is 0. The van der Waals surface area contributed by atoms with Crippen molar-refractivity contribution in [3.63, 3.8) is 0 Å². The number of hydrogen-bond donors (Lipinski definition) is 0. The van der Waals surface area contributed by atoms with Gasteiger partial charge in [-0.25, -0.2) is 19.9 Å². The summed E-state index contributed by atoms with van der Waals surface area (Å²) in [5.74, 6) is 1.04. The molecule has 0 N–H and O–H groups in total. The number of benzene rings is 9. The number of aryl methyl sites for hydroxylation is 6. The van der Waals surface area contributed by atoms with Gasteiger partial charge in [0.15, 0.2) is 11.6 Å². The Labute approximate surface area is 438 Å². The van der Waals surface area contributed by atoms with Crippen molar-refractivity contribution >= 4 is 21.8 Å². The van der Waals surface area contributed by atoms with Crippen LogP contribution in [0.3, 0.4) is 0 Å². The predicted octanol–water partition coefficient (Wildman–Crippen LogP) is 17.4. The Bertz CT molecular complexity index is 3800. The summed E-state index contributed by atoms with van der Waals surface area (Å²) in [6, 6.07) is 74.3. The van der Waals surface area contributed by atoms with Crippen molar-refractivity contribution in [2.24, 2.45) is 0 Å². The zero-order valence-electron chi connectivity index (χ0n) is 42.8. The third-order valence-electron chi connectivity index (χ3n) is 14.4. The Kier molecular flexibility index (Phi) is 11.9. The van der Waals surface area contributed by atoms with E-state index in [1.807, 2.05) is 97.1 Å². The average molecular weight is 965 g/mol. The number of rotatable bonds is 9. The molecule has 9 aromatic carbocycles. The zero-order valence-corrected chi connectivity index (χ0v) is 42.8. The van der Waals surface area contributed by atoms with E-state index >= 15 is 0 Å². The van der Waals surface area contributed by atoms with Gasteiger partial charge in [0.2, 0.25) is 0 Å². The maximum Gasteiger partial charge on any atom is 0.162 e. The van der Waals surface area contributed by atoms with E-state index in [1.165, 1.54) is 44.5 Å². The second-order valence-corrected chi connectivity index (χ2v) is 19.8. The topological polar surface area (TPSA) is 80.3 Å². The molecule has 12 rings (SSSR count). The lowest BCUT2D eigenvalue weighted by Crippen LogP contribution is -2.06. The number of nitrogens with zero attached hydrogens (tertiary/aromatic N) is 6. The lowest BCUT2D eigenvalue weighted by molar-refractivity contribution is 1.13. The van der Waals surface area contributed by atoms with Gasteiger partial charge in [-0.3, -0.25) is 0 Å². The van der Waals surface area contributed by atoms with Gasteiger partial charge in [0.1, 0.15) is 0 Å². The first-order valence-electron chi connectivity index (χ1n) is 25.4. The summed E-state index contributed by atoms with van der Waals surface area (Å²) < 4.78 is 2.40. The van der Waals surface area contributed by atoms with Crippen molar-refractivity contribution in [2.45, 2.75) is 41.5 Å². The summed E-state index contributed by atoms with van der Waals surface area (Å²) in [6.45, 7) is 13.1. The smallest absolute Gasteiger partial charge is 0.162 e. The van der Waals surface area contributed by atoms with Crippen LogP contribution in [0.4, 0.5) is 0 Å². The second-order valence-electron chi connectivity index (χ2n) is 19.8. The van der Waals surface area contributed by atoms with Crippen LogP contribution >= 0.6 is 0 Å². The molecule has 3 heterocycles. The molecule has 0 aliphatic carbocycles. The Balaban J connectivity index is 1.28. The normalized spacial score (nSPS) is 11.3. The molecular formula is C69H52N6. The lowest BCUT2D eigenvalue weighted by atomic mass is 9.92. The molecule has 6 nitrogen and oxygen atoms in total. The van der Waals surface area contributed by atoms with Crippen molar-refractivity contribution in [1.29, 1.82) is 5.26 Å².